The van der Waals surface area contributed by atoms with Gasteiger partial charge in [0, 0.05) is 11.7 Å². The molecule has 22 heavy (non-hydrogen) atoms. The SMILES string of the molecule is O=C1CN(c2ccccc2)C(=O)[C@H]1C(=O)NC1CCCCC1. The number of hydrogen-bond donors (Lipinski definition) is 1. The summed E-state index contributed by atoms with van der Waals surface area (Å²) >= 11 is 0. The van der Waals surface area contributed by atoms with Crippen molar-refractivity contribution in [3.05, 3.63) is 30.3 Å². The number of nitrogens with one attached hydrogen (secondary N) is 1. The van der Waals surface area contributed by atoms with Crippen molar-refractivity contribution < 1.29 is 14.4 Å². The zero-order valence-corrected chi connectivity index (χ0v) is 12.5. The Kier molecular flexibility index (Phi) is 4.22. The van der Waals surface area contributed by atoms with E-state index < -0.39 is 17.7 Å². The molecule has 1 saturated carbocycles. The van der Waals surface area contributed by atoms with Gasteiger partial charge in [0.2, 0.25) is 11.8 Å². The summed E-state index contributed by atoms with van der Waals surface area (Å²) in [5.41, 5.74) is 0.661. The van der Waals surface area contributed by atoms with Crippen LogP contribution in [0, 0.1) is 5.92 Å². The maximum absolute atomic E-state index is 12.4. The van der Waals surface area contributed by atoms with Crippen LogP contribution in [0.1, 0.15) is 32.1 Å². The molecule has 1 aliphatic carbocycles. The summed E-state index contributed by atoms with van der Waals surface area (Å²) in [4.78, 5) is 38.3. The molecule has 3 rings (SSSR count). The van der Waals surface area contributed by atoms with E-state index in [9.17, 15) is 14.4 Å². The van der Waals surface area contributed by atoms with Crippen molar-refractivity contribution in [2.45, 2.75) is 38.1 Å². The Morgan fingerprint density at radius 2 is 1.73 bits per heavy atom. The summed E-state index contributed by atoms with van der Waals surface area (Å²) in [6.45, 7) is -0.0222. The number of carbonyl (C=O) groups is 3. The highest BCUT2D eigenvalue weighted by atomic mass is 16.2. The van der Waals surface area contributed by atoms with Gasteiger partial charge in [-0.1, -0.05) is 37.5 Å². The molecule has 0 spiro atoms. The molecular weight excluding hydrogens is 280 g/mol. The van der Waals surface area contributed by atoms with Crippen molar-refractivity contribution in [1.29, 1.82) is 0 Å². The van der Waals surface area contributed by atoms with E-state index in [1.165, 1.54) is 11.3 Å². The Morgan fingerprint density at radius 3 is 2.41 bits per heavy atom. The fourth-order valence-electron chi connectivity index (χ4n) is 3.23. The molecule has 1 atom stereocenters. The average Bonchev–Trinajstić information content (AvgIpc) is 2.84. The highest BCUT2D eigenvalue weighted by molar-refractivity contribution is 6.28. The number of benzene rings is 1. The lowest BCUT2D eigenvalue weighted by molar-refractivity contribution is -0.137. The quantitative estimate of drug-likeness (QED) is 0.863. The number of rotatable bonds is 3. The monoisotopic (exact) mass is 300 g/mol. The van der Waals surface area contributed by atoms with Crippen LogP contribution < -0.4 is 10.2 Å². The van der Waals surface area contributed by atoms with Crippen molar-refractivity contribution in [1.82, 2.24) is 5.32 Å². The molecule has 1 N–H and O–H groups in total. The first-order valence-electron chi connectivity index (χ1n) is 7.86. The molecule has 0 aromatic heterocycles. The second-order valence-corrected chi connectivity index (χ2v) is 6.00. The predicted octanol–water partition coefficient (Wildman–Crippen LogP) is 1.67. The minimum absolute atomic E-state index is 0.0222. The van der Waals surface area contributed by atoms with Gasteiger partial charge in [-0.05, 0) is 25.0 Å². The van der Waals surface area contributed by atoms with Gasteiger partial charge in [-0.2, -0.15) is 0 Å². The van der Waals surface area contributed by atoms with Gasteiger partial charge in [0.05, 0.1) is 6.54 Å². The summed E-state index contributed by atoms with van der Waals surface area (Å²) in [7, 11) is 0. The normalized spacial score (nSPS) is 22.9. The minimum Gasteiger partial charge on any atom is -0.352 e. The fraction of sp³-hybridized carbons (Fsp3) is 0.471. The molecule has 1 aromatic carbocycles. The van der Waals surface area contributed by atoms with Gasteiger partial charge in [0.25, 0.3) is 0 Å². The molecule has 0 radical (unpaired) electrons. The summed E-state index contributed by atoms with van der Waals surface area (Å²) < 4.78 is 0. The number of Topliss-reactive ketones (excluding diaryl/α,β-unsaturated/α-hetero) is 1. The van der Waals surface area contributed by atoms with E-state index in [0.29, 0.717) is 5.69 Å². The van der Waals surface area contributed by atoms with Crippen LogP contribution in [0.5, 0.6) is 0 Å². The Hall–Kier alpha value is -2.17. The molecule has 0 bridgehead atoms. The molecule has 5 nitrogen and oxygen atoms in total. The number of hydrogen-bond acceptors (Lipinski definition) is 3. The highest BCUT2D eigenvalue weighted by Gasteiger charge is 2.45. The van der Waals surface area contributed by atoms with E-state index in [1.54, 1.807) is 12.1 Å². The largest absolute Gasteiger partial charge is 0.352 e. The maximum atomic E-state index is 12.4. The molecule has 2 amide bonds. The van der Waals surface area contributed by atoms with Crippen LogP contribution >= 0.6 is 0 Å². The standard InChI is InChI=1S/C17H20N2O3/c20-14-11-19(13-9-5-2-6-10-13)17(22)15(14)16(21)18-12-7-3-1-4-8-12/h2,5-6,9-10,12,15H,1,3-4,7-8,11H2,(H,18,21)/t15-/m1/s1. The molecule has 5 heteroatoms. The Labute approximate surface area is 129 Å². The second-order valence-electron chi connectivity index (χ2n) is 6.00. The summed E-state index contributed by atoms with van der Waals surface area (Å²) in [6, 6.07) is 9.11. The summed E-state index contributed by atoms with van der Waals surface area (Å²) in [5, 5.41) is 2.89. The first-order valence-corrected chi connectivity index (χ1v) is 7.86. The van der Waals surface area contributed by atoms with Crippen LogP contribution in [-0.4, -0.2) is 30.2 Å². The van der Waals surface area contributed by atoms with Crippen LogP contribution in [0.2, 0.25) is 0 Å². The Morgan fingerprint density at radius 1 is 1.05 bits per heavy atom. The third kappa shape index (κ3) is 2.89. The zero-order valence-electron chi connectivity index (χ0n) is 12.5. The van der Waals surface area contributed by atoms with Crippen LogP contribution in [0.15, 0.2) is 30.3 Å². The first kappa shape index (κ1) is 14.8. The molecule has 2 fully saturated rings. The van der Waals surface area contributed by atoms with Gasteiger partial charge in [-0.25, -0.2) is 0 Å². The molecule has 1 saturated heterocycles. The van der Waals surface area contributed by atoms with Gasteiger partial charge in [-0.15, -0.1) is 0 Å². The van der Waals surface area contributed by atoms with Gasteiger partial charge in [-0.3, -0.25) is 14.4 Å². The van der Waals surface area contributed by atoms with Crippen molar-refractivity contribution in [2.75, 3.05) is 11.4 Å². The number of nitrogens with zero attached hydrogens (tertiary/aromatic N) is 1. The van der Waals surface area contributed by atoms with Crippen molar-refractivity contribution in [3.63, 3.8) is 0 Å². The molecule has 0 unspecified atom stereocenters. The van der Waals surface area contributed by atoms with Crippen LogP contribution in [-0.2, 0) is 14.4 Å². The van der Waals surface area contributed by atoms with Crippen LogP contribution in [0.25, 0.3) is 0 Å². The number of carbonyl (C=O) groups excluding carboxylic acids is 3. The van der Waals surface area contributed by atoms with E-state index in [4.69, 9.17) is 0 Å². The van der Waals surface area contributed by atoms with E-state index in [2.05, 4.69) is 5.32 Å². The topological polar surface area (TPSA) is 66.5 Å². The third-order valence-corrected chi connectivity index (χ3v) is 4.43. The smallest absolute Gasteiger partial charge is 0.247 e. The molecule has 1 aliphatic heterocycles. The first-order chi connectivity index (χ1) is 10.7. The molecule has 2 aliphatic rings. The van der Waals surface area contributed by atoms with Gasteiger partial charge >= 0.3 is 0 Å². The number of para-hydroxylation sites is 1. The Bertz CT molecular complexity index is 579. The third-order valence-electron chi connectivity index (χ3n) is 4.43. The molecular formula is C17H20N2O3. The van der Waals surface area contributed by atoms with E-state index in [-0.39, 0.29) is 18.4 Å². The van der Waals surface area contributed by atoms with E-state index in [1.807, 2.05) is 18.2 Å². The Balaban J connectivity index is 1.70. The van der Waals surface area contributed by atoms with Gasteiger partial charge < -0.3 is 10.2 Å². The number of ketones is 1. The minimum atomic E-state index is -1.18. The summed E-state index contributed by atoms with van der Waals surface area (Å²) in [6.07, 6.45) is 5.24. The fourth-order valence-corrected chi connectivity index (χ4v) is 3.23. The highest BCUT2D eigenvalue weighted by Crippen LogP contribution is 2.24. The predicted molar refractivity (Wildman–Crippen MR) is 82.3 cm³/mol. The summed E-state index contributed by atoms with van der Waals surface area (Å²) in [5.74, 6) is -2.34. The molecule has 1 heterocycles. The number of amides is 2. The van der Waals surface area contributed by atoms with E-state index in [0.717, 1.165) is 25.7 Å². The van der Waals surface area contributed by atoms with Crippen molar-refractivity contribution in [2.24, 2.45) is 5.92 Å². The lowest BCUT2D eigenvalue weighted by atomic mass is 9.94. The lowest BCUT2D eigenvalue weighted by Gasteiger charge is -2.23. The molecule has 1 aromatic rings. The van der Waals surface area contributed by atoms with Crippen molar-refractivity contribution >= 4 is 23.3 Å². The maximum Gasteiger partial charge on any atom is 0.247 e. The molecule has 116 valence electrons. The van der Waals surface area contributed by atoms with Crippen LogP contribution in [0.4, 0.5) is 5.69 Å². The number of anilines is 1. The van der Waals surface area contributed by atoms with Crippen molar-refractivity contribution in [3.8, 4) is 0 Å². The average molecular weight is 300 g/mol. The van der Waals surface area contributed by atoms with E-state index >= 15 is 0 Å². The zero-order chi connectivity index (χ0) is 15.5. The van der Waals surface area contributed by atoms with Gasteiger partial charge in [0.1, 0.15) is 0 Å². The lowest BCUT2D eigenvalue weighted by Crippen LogP contribution is -2.44. The van der Waals surface area contributed by atoms with Gasteiger partial charge in [0.15, 0.2) is 11.7 Å². The van der Waals surface area contributed by atoms with Crippen LogP contribution in [0.3, 0.4) is 0 Å². The second kappa shape index (κ2) is 6.30.